The molecule has 1 amide bonds. The summed E-state index contributed by atoms with van der Waals surface area (Å²) in [7, 11) is 0. The number of benzene rings is 1. The molecule has 0 saturated carbocycles. The van der Waals surface area contributed by atoms with Gasteiger partial charge in [-0.1, -0.05) is 20.3 Å². The van der Waals surface area contributed by atoms with Crippen molar-refractivity contribution in [3.63, 3.8) is 0 Å². The van der Waals surface area contributed by atoms with Crippen LogP contribution in [0.1, 0.15) is 38.7 Å². The molecule has 23 heavy (non-hydrogen) atoms. The summed E-state index contributed by atoms with van der Waals surface area (Å²) in [4.78, 5) is 11.9. The maximum atomic E-state index is 13.1. The molecular weight excluding hydrogens is 302 g/mol. The second-order valence-corrected chi connectivity index (χ2v) is 5.99. The lowest BCUT2D eigenvalue weighted by Crippen LogP contribution is -2.40. The van der Waals surface area contributed by atoms with Gasteiger partial charge in [0.05, 0.1) is 6.10 Å². The number of halogens is 2. The van der Waals surface area contributed by atoms with E-state index in [0.717, 1.165) is 18.9 Å². The number of carbonyl (C=O) groups is 1. The van der Waals surface area contributed by atoms with Crippen LogP contribution in [0, 0.1) is 17.6 Å². The summed E-state index contributed by atoms with van der Waals surface area (Å²) in [5.41, 5.74) is 6.28. The molecular formula is C17H26F2N2O2. The smallest absolute Gasteiger partial charge is 0.222 e. The highest BCUT2D eigenvalue weighted by atomic mass is 19.1. The Bertz CT molecular complexity index is 491. The number of aliphatic hydroxyl groups is 1. The molecule has 4 N–H and O–H groups in total. The number of nitrogens with two attached hydrogens (primary N) is 1. The largest absolute Gasteiger partial charge is 0.391 e. The van der Waals surface area contributed by atoms with Gasteiger partial charge in [-0.15, -0.1) is 0 Å². The van der Waals surface area contributed by atoms with Crippen molar-refractivity contribution in [1.82, 2.24) is 5.32 Å². The predicted octanol–water partition coefficient (Wildman–Crippen LogP) is 2.14. The Morgan fingerprint density at radius 2 is 1.91 bits per heavy atom. The Morgan fingerprint density at radius 1 is 1.30 bits per heavy atom. The molecule has 4 nitrogen and oxygen atoms in total. The molecule has 0 fully saturated rings. The lowest BCUT2D eigenvalue weighted by atomic mass is 9.94. The Kier molecular flexibility index (Phi) is 8.12. The fourth-order valence-corrected chi connectivity index (χ4v) is 2.34. The summed E-state index contributed by atoms with van der Waals surface area (Å²) in [5.74, 6) is -1.85. The molecule has 0 aromatic heterocycles. The first-order chi connectivity index (χ1) is 10.8. The second-order valence-electron chi connectivity index (χ2n) is 5.99. The molecule has 1 rings (SSSR count). The summed E-state index contributed by atoms with van der Waals surface area (Å²) >= 11 is 0. The Hall–Kier alpha value is -1.53. The predicted molar refractivity (Wildman–Crippen MR) is 85.7 cm³/mol. The van der Waals surface area contributed by atoms with Crippen molar-refractivity contribution in [2.45, 2.75) is 51.7 Å². The number of aliphatic hydroxyl groups excluding tert-OH is 1. The van der Waals surface area contributed by atoms with Gasteiger partial charge in [0.2, 0.25) is 5.91 Å². The van der Waals surface area contributed by atoms with Crippen LogP contribution in [0.2, 0.25) is 0 Å². The number of nitrogens with one attached hydrogen (secondary N) is 1. The molecule has 0 bridgehead atoms. The van der Waals surface area contributed by atoms with E-state index in [1.54, 1.807) is 6.92 Å². The average molecular weight is 328 g/mol. The number of hydrogen-bond donors (Lipinski definition) is 3. The number of hydrogen-bond acceptors (Lipinski definition) is 3. The van der Waals surface area contributed by atoms with E-state index in [0.29, 0.717) is 12.1 Å². The van der Waals surface area contributed by atoms with E-state index in [4.69, 9.17) is 5.73 Å². The standard InChI is InChI=1S/C17H26F2N2O2/c1-3-4-5-21-17(23)11(2)6-16(22)15(20)9-12-7-13(18)10-14(19)8-12/h7-8,10-11,15-16,22H,3-6,9,20H2,1-2H3,(H,21,23). The normalized spacial score (nSPS) is 15.0. The third kappa shape index (κ3) is 7.05. The van der Waals surface area contributed by atoms with Crippen molar-refractivity contribution in [3.8, 4) is 0 Å². The topological polar surface area (TPSA) is 75.3 Å². The van der Waals surface area contributed by atoms with Gasteiger partial charge in [-0.05, 0) is 37.0 Å². The summed E-state index contributed by atoms with van der Waals surface area (Å²) in [5, 5.41) is 12.9. The van der Waals surface area contributed by atoms with Gasteiger partial charge in [0.1, 0.15) is 11.6 Å². The van der Waals surface area contributed by atoms with Crippen LogP contribution < -0.4 is 11.1 Å². The molecule has 0 heterocycles. The third-order valence-electron chi connectivity index (χ3n) is 3.76. The Labute approximate surface area is 136 Å². The van der Waals surface area contributed by atoms with E-state index in [9.17, 15) is 18.7 Å². The molecule has 130 valence electrons. The van der Waals surface area contributed by atoms with Crippen LogP contribution in [-0.4, -0.2) is 29.7 Å². The lowest BCUT2D eigenvalue weighted by Gasteiger charge is -2.22. The van der Waals surface area contributed by atoms with Gasteiger partial charge in [0.25, 0.3) is 0 Å². The van der Waals surface area contributed by atoms with Crippen molar-refractivity contribution < 1.29 is 18.7 Å². The zero-order valence-electron chi connectivity index (χ0n) is 13.7. The van der Waals surface area contributed by atoms with Crippen molar-refractivity contribution in [2.75, 3.05) is 6.54 Å². The van der Waals surface area contributed by atoms with Gasteiger partial charge in [0, 0.05) is 24.6 Å². The van der Waals surface area contributed by atoms with E-state index in [-0.39, 0.29) is 24.7 Å². The van der Waals surface area contributed by atoms with Crippen molar-refractivity contribution in [3.05, 3.63) is 35.4 Å². The molecule has 0 aliphatic carbocycles. The summed E-state index contributed by atoms with van der Waals surface area (Å²) in [6, 6.07) is 2.48. The highest BCUT2D eigenvalue weighted by Gasteiger charge is 2.22. The molecule has 0 radical (unpaired) electrons. The maximum absolute atomic E-state index is 13.1. The fraction of sp³-hybridized carbons (Fsp3) is 0.588. The van der Waals surface area contributed by atoms with Gasteiger partial charge < -0.3 is 16.2 Å². The number of carbonyl (C=O) groups excluding carboxylic acids is 1. The average Bonchev–Trinajstić information content (AvgIpc) is 2.46. The number of unbranched alkanes of at least 4 members (excludes halogenated alkanes) is 1. The van der Waals surface area contributed by atoms with Crippen molar-refractivity contribution in [2.24, 2.45) is 11.7 Å². The van der Waals surface area contributed by atoms with Gasteiger partial charge >= 0.3 is 0 Å². The molecule has 0 spiro atoms. The first kappa shape index (κ1) is 19.5. The van der Waals surface area contributed by atoms with Crippen LogP contribution in [0.15, 0.2) is 18.2 Å². The van der Waals surface area contributed by atoms with Crippen molar-refractivity contribution in [1.29, 1.82) is 0 Å². The quantitative estimate of drug-likeness (QED) is 0.608. The van der Waals surface area contributed by atoms with Gasteiger partial charge in [0.15, 0.2) is 0 Å². The van der Waals surface area contributed by atoms with E-state index < -0.39 is 23.8 Å². The second kappa shape index (κ2) is 9.57. The Balaban J connectivity index is 2.49. The lowest BCUT2D eigenvalue weighted by molar-refractivity contribution is -0.125. The summed E-state index contributed by atoms with van der Waals surface area (Å²) in [6.45, 7) is 4.37. The maximum Gasteiger partial charge on any atom is 0.222 e. The summed E-state index contributed by atoms with van der Waals surface area (Å²) in [6.07, 6.45) is 1.32. The number of amides is 1. The minimum absolute atomic E-state index is 0.124. The molecule has 0 saturated heterocycles. The monoisotopic (exact) mass is 328 g/mol. The molecule has 1 aromatic carbocycles. The van der Waals surface area contributed by atoms with Gasteiger partial charge in [-0.2, -0.15) is 0 Å². The van der Waals surface area contributed by atoms with Crippen LogP contribution >= 0.6 is 0 Å². The fourth-order valence-electron chi connectivity index (χ4n) is 2.34. The molecule has 6 heteroatoms. The van der Waals surface area contributed by atoms with Gasteiger partial charge in [-0.25, -0.2) is 8.78 Å². The molecule has 0 aliphatic rings. The summed E-state index contributed by atoms with van der Waals surface area (Å²) < 4.78 is 26.3. The Morgan fingerprint density at radius 3 is 2.48 bits per heavy atom. The molecule has 3 atom stereocenters. The highest BCUT2D eigenvalue weighted by Crippen LogP contribution is 2.14. The van der Waals surface area contributed by atoms with Crippen LogP contribution in [-0.2, 0) is 11.2 Å². The zero-order valence-corrected chi connectivity index (χ0v) is 13.7. The minimum Gasteiger partial charge on any atom is -0.391 e. The van der Waals surface area contributed by atoms with Crippen molar-refractivity contribution >= 4 is 5.91 Å². The van der Waals surface area contributed by atoms with E-state index in [1.807, 2.05) is 6.92 Å². The highest BCUT2D eigenvalue weighted by molar-refractivity contribution is 5.78. The van der Waals surface area contributed by atoms with E-state index in [1.165, 1.54) is 12.1 Å². The van der Waals surface area contributed by atoms with Crippen LogP contribution in [0.4, 0.5) is 8.78 Å². The minimum atomic E-state index is -0.923. The van der Waals surface area contributed by atoms with Crippen LogP contribution in [0.25, 0.3) is 0 Å². The first-order valence-corrected chi connectivity index (χ1v) is 7.99. The first-order valence-electron chi connectivity index (χ1n) is 7.99. The zero-order chi connectivity index (χ0) is 17.4. The number of rotatable bonds is 9. The van der Waals surface area contributed by atoms with E-state index in [2.05, 4.69) is 5.32 Å². The molecule has 0 aliphatic heterocycles. The van der Waals surface area contributed by atoms with Crippen LogP contribution in [0.5, 0.6) is 0 Å². The molecule has 1 aromatic rings. The van der Waals surface area contributed by atoms with Gasteiger partial charge in [-0.3, -0.25) is 4.79 Å². The SMILES string of the molecule is CCCCNC(=O)C(C)CC(O)C(N)Cc1cc(F)cc(F)c1. The van der Waals surface area contributed by atoms with Crippen LogP contribution in [0.3, 0.4) is 0 Å². The third-order valence-corrected chi connectivity index (χ3v) is 3.76. The van der Waals surface area contributed by atoms with E-state index >= 15 is 0 Å². The molecule has 3 unspecified atom stereocenters.